The molecule has 2 rings (SSSR count). The predicted molar refractivity (Wildman–Crippen MR) is 77.9 cm³/mol. The molecule has 0 spiro atoms. The highest BCUT2D eigenvalue weighted by atomic mass is 19.1. The van der Waals surface area contributed by atoms with Gasteiger partial charge in [0.25, 0.3) is 0 Å². The average Bonchev–Trinajstić information content (AvgIpc) is 2.23. The Morgan fingerprint density at radius 1 is 1.29 bits per heavy atom. The number of nitrogens with zero attached hydrogens (tertiary/aromatic N) is 1. The van der Waals surface area contributed by atoms with Crippen LogP contribution in [0.3, 0.4) is 0 Å². The summed E-state index contributed by atoms with van der Waals surface area (Å²) >= 11 is 0. The van der Waals surface area contributed by atoms with Crippen LogP contribution in [0.15, 0.2) is 18.2 Å². The number of benzene rings is 1. The largest absolute Gasteiger partial charge is 0.478 e. The maximum absolute atomic E-state index is 13.7. The fraction of sp³-hybridized carbons (Fsp3) is 0.562. The lowest BCUT2D eigenvalue weighted by molar-refractivity contribution is -0.182. The third kappa shape index (κ3) is 4.02. The summed E-state index contributed by atoms with van der Waals surface area (Å²) in [7, 11) is 0. The van der Waals surface area contributed by atoms with Crippen LogP contribution in [0.1, 0.15) is 43.6 Å². The van der Waals surface area contributed by atoms with Crippen molar-refractivity contribution in [3.05, 3.63) is 35.1 Å². The highest BCUT2D eigenvalue weighted by Crippen LogP contribution is 2.29. The van der Waals surface area contributed by atoms with Crippen LogP contribution >= 0.6 is 0 Å². The zero-order valence-electron chi connectivity index (χ0n) is 12.9. The molecule has 1 N–H and O–H groups in total. The monoisotopic (exact) mass is 295 g/mol. The lowest BCUT2D eigenvalue weighted by Crippen LogP contribution is -2.56. The van der Waals surface area contributed by atoms with Crippen LogP contribution in [-0.2, 0) is 11.3 Å². The van der Waals surface area contributed by atoms with Gasteiger partial charge in [0.15, 0.2) is 0 Å². The molecule has 1 aliphatic rings. The standard InChI is InChI=1S/C16H22FNO3/c1-15(2)9-18(10-16(3,4)21-15)8-11-5-6-12(14(19)20)13(17)7-11/h5-7H,8-10H2,1-4H3,(H,19,20). The zero-order valence-corrected chi connectivity index (χ0v) is 12.9. The number of morpholine rings is 1. The molecule has 1 aliphatic heterocycles. The van der Waals surface area contributed by atoms with Gasteiger partial charge >= 0.3 is 5.97 Å². The van der Waals surface area contributed by atoms with Crippen LogP contribution in [0, 0.1) is 5.82 Å². The van der Waals surface area contributed by atoms with Crippen LogP contribution in [0.5, 0.6) is 0 Å². The van der Waals surface area contributed by atoms with Crippen LogP contribution in [0.25, 0.3) is 0 Å². The van der Waals surface area contributed by atoms with E-state index in [1.165, 1.54) is 12.1 Å². The topological polar surface area (TPSA) is 49.8 Å². The van der Waals surface area contributed by atoms with E-state index in [9.17, 15) is 9.18 Å². The smallest absolute Gasteiger partial charge is 0.338 e. The van der Waals surface area contributed by atoms with E-state index in [0.717, 1.165) is 18.7 Å². The Kier molecular flexibility index (Phi) is 4.08. The molecular formula is C16H22FNO3. The number of ether oxygens (including phenoxy) is 1. The Balaban J connectivity index is 2.14. The number of carboxylic acids is 1. The van der Waals surface area contributed by atoms with Gasteiger partial charge in [0.05, 0.1) is 16.8 Å². The summed E-state index contributed by atoms with van der Waals surface area (Å²) < 4.78 is 19.7. The van der Waals surface area contributed by atoms with E-state index < -0.39 is 11.8 Å². The van der Waals surface area contributed by atoms with E-state index in [1.54, 1.807) is 6.07 Å². The summed E-state index contributed by atoms with van der Waals surface area (Å²) in [5.41, 5.74) is -0.0461. The van der Waals surface area contributed by atoms with E-state index in [-0.39, 0.29) is 16.8 Å². The van der Waals surface area contributed by atoms with Crippen molar-refractivity contribution in [3.63, 3.8) is 0 Å². The first kappa shape index (κ1) is 15.9. The molecule has 21 heavy (non-hydrogen) atoms. The Bertz CT molecular complexity index is 538. The van der Waals surface area contributed by atoms with Crippen LogP contribution in [-0.4, -0.2) is 40.3 Å². The van der Waals surface area contributed by atoms with Crippen molar-refractivity contribution in [2.75, 3.05) is 13.1 Å². The van der Waals surface area contributed by atoms with Gasteiger partial charge in [0.1, 0.15) is 5.82 Å². The number of carbonyl (C=O) groups is 1. The molecule has 0 aliphatic carbocycles. The Hall–Kier alpha value is -1.46. The van der Waals surface area contributed by atoms with Gasteiger partial charge in [-0.05, 0) is 45.4 Å². The maximum Gasteiger partial charge on any atom is 0.338 e. The predicted octanol–water partition coefficient (Wildman–Crippen LogP) is 2.91. The molecular weight excluding hydrogens is 273 g/mol. The first-order valence-corrected chi connectivity index (χ1v) is 7.02. The molecule has 4 nitrogen and oxygen atoms in total. The Labute approximate surface area is 124 Å². The lowest BCUT2D eigenvalue weighted by atomic mass is 9.98. The van der Waals surface area contributed by atoms with Crippen molar-refractivity contribution in [3.8, 4) is 0 Å². The number of carboxylic acid groups (broad SMARTS) is 1. The van der Waals surface area contributed by atoms with Gasteiger partial charge < -0.3 is 9.84 Å². The van der Waals surface area contributed by atoms with Crippen molar-refractivity contribution in [2.24, 2.45) is 0 Å². The first-order chi connectivity index (χ1) is 9.58. The molecule has 0 aromatic heterocycles. The van der Waals surface area contributed by atoms with Crippen molar-refractivity contribution in [2.45, 2.75) is 45.4 Å². The second-order valence-electron chi connectivity index (χ2n) is 6.89. The summed E-state index contributed by atoms with van der Waals surface area (Å²) in [6.45, 7) is 10.2. The fourth-order valence-electron chi connectivity index (χ4n) is 3.15. The van der Waals surface area contributed by atoms with Gasteiger partial charge in [-0.3, -0.25) is 4.90 Å². The van der Waals surface area contributed by atoms with E-state index in [2.05, 4.69) is 4.90 Å². The molecule has 1 aromatic carbocycles. The molecule has 1 heterocycles. The fourth-order valence-corrected chi connectivity index (χ4v) is 3.15. The van der Waals surface area contributed by atoms with Gasteiger partial charge in [0.2, 0.25) is 0 Å². The number of hydrogen-bond donors (Lipinski definition) is 1. The molecule has 1 saturated heterocycles. The quantitative estimate of drug-likeness (QED) is 0.931. The number of hydrogen-bond acceptors (Lipinski definition) is 3. The third-order valence-corrected chi connectivity index (χ3v) is 3.43. The molecule has 0 amide bonds. The normalized spacial score (nSPS) is 21.2. The molecule has 0 saturated carbocycles. The summed E-state index contributed by atoms with van der Waals surface area (Å²) in [5.74, 6) is -1.93. The first-order valence-electron chi connectivity index (χ1n) is 7.02. The second kappa shape index (κ2) is 5.39. The van der Waals surface area contributed by atoms with E-state index in [1.807, 2.05) is 27.7 Å². The van der Waals surface area contributed by atoms with Crippen molar-refractivity contribution in [1.29, 1.82) is 0 Å². The number of halogens is 1. The molecule has 0 unspecified atom stereocenters. The Morgan fingerprint density at radius 2 is 1.86 bits per heavy atom. The summed E-state index contributed by atoms with van der Waals surface area (Å²) in [6, 6.07) is 4.30. The van der Waals surface area contributed by atoms with E-state index in [4.69, 9.17) is 9.84 Å². The van der Waals surface area contributed by atoms with Gasteiger partial charge in [-0.1, -0.05) is 6.07 Å². The minimum Gasteiger partial charge on any atom is -0.478 e. The zero-order chi connectivity index (χ0) is 15.8. The Morgan fingerprint density at radius 3 is 2.33 bits per heavy atom. The molecule has 1 aromatic rings. The molecule has 1 fully saturated rings. The maximum atomic E-state index is 13.7. The highest BCUT2D eigenvalue weighted by molar-refractivity contribution is 5.87. The minimum absolute atomic E-state index is 0.263. The number of rotatable bonds is 3. The van der Waals surface area contributed by atoms with Crippen molar-refractivity contribution in [1.82, 2.24) is 4.90 Å². The molecule has 5 heteroatoms. The molecule has 0 bridgehead atoms. The summed E-state index contributed by atoms with van der Waals surface area (Å²) in [4.78, 5) is 13.0. The average molecular weight is 295 g/mol. The summed E-state index contributed by atoms with van der Waals surface area (Å²) in [6.07, 6.45) is 0. The van der Waals surface area contributed by atoms with Crippen LogP contribution in [0.4, 0.5) is 4.39 Å². The van der Waals surface area contributed by atoms with Gasteiger partial charge in [-0.15, -0.1) is 0 Å². The summed E-state index contributed by atoms with van der Waals surface area (Å²) in [5, 5.41) is 8.85. The van der Waals surface area contributed by atoms with Gasteiger partial charge in [-0.25, -0.2) is 9.18 Å². The minimum atomic E-state index is -1.24. The molecule has 0 radical (unpaired) electrons. The van der Waals surface area contributed by atoms with Crippen LogP contribution < -0.4 is 0 Å². The van der Waals surface area contributed by atoms with Gasteiger partial charge in [-0.2, -0.15) is 0 Å². The second-order valence-corrected chi connectivity index (χ2v) is 6.89. The molecule has 116 valence electrons. The molecule has 0 atom stereocenters. The van der Waals surface area contributed by atoms with Crippen molar-refractivity contribution >= 4 is 5.97 Å². The third-order valence-electron chi connectivity index (χ3n) is 3.43. The number of aromatic carboxylic acids is 1. The lowest BCUT2D eigenvalue weighted by Gasteiger charge is -2.47. The SMILES string of the molecule is CC1(C)CN(Cc2ccc(C(=O)O)c(F)c2)CC(C)(C)O1. The van der Waals surface area contributed by atoms with E-state index in [0.29, 0.717) is 6.54 Å². The van der Waals surface area contributed by atoms with Crippen molar-refractivity contribution < 1.29 is 19.0 Å². The van der Waals surface area contributed by atoms with Crippen LogP contribution in [0.2, 0.25) is 0 Å². The van der Waals surface area contributed by atoms with Gasteiger partial charge in [0, 0.05) is 19.6 Å². The highest BCUT2D eigenvalue weighted by Gasteiger charge is 2.37. The van der Waals surface area contributed by atoms with E-state index >= 15 is 0 Å².